The molecule has 0 radical (unpaired) electrons. The quantitative estimate of drug-likeness (QED) is 0.596. The molecule has 15 heavy (non-hydrogen) atoms. The van der Waals surface area contributed by atoms with Crippen molar-refractivity contribution < 1.29 is 15.3 Å². The Morgan fingerprint density at radius 1 is 1.13 bits per heavy atom. The summed E-state index contributed by atoms with van der Waals surface area (Å²) in [7, 11) is 0. The molecule has 4 nitrogen and oxygen atoms in total. The first-order valence-corrected chi connectivity index (χ1v) is 5.10. The molecule has 0 unspecified atom stereocenters. The van der Waals surface area contributed by atoms with Crippen LogP contribution in [0.15, 0.2) is 12.1 Å². The van der Waals surface area contributed by atoms with Crippen LogP contribution in [0.3, 0.4) is 0 Å². The molecule has 0 spiro atoms. The Balaban J connectivity index is 2.33. The molecule has 1 saturated carbocycles. The summed E-state index contributed by atoms with van der Waals surface area (Å²) >= 11 is 0. The summed E-state index contributed by atoms with van der Waals surface area (Å²) in [4.78, 5) is 0. The number of rotatable bonds is 2. The Kier molecular flexibility index (Phi) is 2.44. The maximum absolute atomic E-state index is 9.61. The lowest BCUT2D eigenvalue weighted by Gasteiger charge is -2.32. The van der Waals surface area contributed by atoms with Gasteiger partial charge in [0.2, 0.25) is 0 Å². The van der Waals surface area contributed by atoms with Gasteiger partial charge < -0.3 is 21.1 Å². The fourth-order valence-corrected chi connectivity index (χ4v) is 1.98. The number of nitrogens with two attached hydrogens (primary N) is 1. The monoisotopic (exact) mass is 209 g/mol. The average molecular weight is 209 g/mol. The van der Waals surface area contributed by atoms with Gasteiger partial charge in [-0.25, -0.2) is 0 Å². The van der Waals surface area contributed by atoms with Crippen molar-refractivity contribution in [3.8, 4) is 17.2 Å². The zero-order valence-corrected chi connectivity index (χ0v) is 8.35. The zero-order chi connectivity index (χ0) is 11.0. The minimum Gasteiger partial charge on any atom is -0.508 e. The molecule has 1 fully saturated rings. The summed E-state index contributed by atoms with van der Waals surface area (Å²) < 4.78 is 0. The van der Waals surface area contributed by atoms with Crippen LogP contribution in [0, 0.1) is 5.92 Å². The van der Waals surface area contributed by atoms with Gasteiger partial charge >= 0.3 is 0 Å². The number of aromatic hydroxyl groups is 3. The van der Waals surface area contributed by atoms with Gasteiger partial charge in [0.05, 0.1) is 5.56 Å². The van der Waals surface area contributed by atoms with Gasteiger partial charge in [-0.2, -0.15) is 0 Å². The maximum Gasteiger partial charge on any atom is 0.127 e. The standard InChI is InChI=1S/C11H15NO3/c12-11(6-2-1-3-6)10-8(14)4-7(13)5-9(10)15/h4-6,11,13-15H,1-3,12H2/t11-/m1/s1. The van der Waals surface area contributed by atoms with Crippen LogP contribution < -0.4 is 5.73 Å². The van der Waals surface area contributed by atoms with Crippen LogP contribution in [-0.2, 0) is 0 Å². The van der Waals surface area contributed by atoms with Gasteiger partial charge in [0.1, 0.15) is 17.2 Å². The van der Waals surface area contributed by atoms with Crippen molar-refractivity contribution in [3.05, 3.63) is 17.7 Å². The molecule has 1 aliphatic carbocycles. The van der Waals surface area contributed by atoms with Crippen molar-refractivity contribution in [1.29, 1.82) is 0 Å². The lowest BCUT2D eigenvalue weighted by molar-refractivity contribution is 0.255. The van der Waals surface area contributed by atoms with E-state index in [1.54, 1.807) is 0 Å². The van der Waals surface area contributed by atoms with Crippen molar-refractivity contribution in [2.75, 3.05) is 0 Å². The molecule has 0 bridgehead atoms. The predicted octanol–water partition coefficient (Wildman–Crippen LogP) is 1.60. The second-order valence-corrected chi connectivity index (χ2v) is 4.11. The molecule has 0 amide bonds. The molecular weight excluding hydrogens is 194 g/mol. The SMILES string of the molecule is N[C@@H](c1c(O)cc(O)cc1O)C1CCC1. The summed E-state index contributed by atoms with van der Waals surface area (Å²) in [6.07, 6.45) is 3.21. The van der Waals surface area contributed by atoms with E-state index >= 15 is 0 Å². The van der Waals surface area contributed by atoms with Gasteiger partial charge in [0.25, 0.3) is 0 Å². The highest BCUT2D eigenvalue weighted by atomic mass is 16.3. The first-order chi connectivity index (χ1) is 7.09. The fourth-order valence-electron chi connectivity index (χ4n) is 1.98. The highest BCUT2D eigenvalue weighted by Crippen LogP contribution is 2.43. The molecule has 0 aliphatic heterocycles. The second-order valence-electron chi connectivity index (χ2n) is 4.11. The Labute approximate surface area is 88.0 Å². The van der Waals surface area contributed by atoms with Crippen LogP contribution >= 0.6 is 0 Å². The number of hydrogen-bond donors (Lipinski definition) is 4. The van der Waals surface area contributed by atoms with E-state index in [1.165, 1.54) is 12.1 Å². The summed E-state index contributed by atoms with van der Waals surface area (Å²) in [6.45, 7) is 0. The van der Waals surface area contributed by atoms with E-state index in [2.05, 4.69) is 0 Å². The first-order valence-electron chi connectivity index (χ1n) is 5.10. The molecule has 1 aromatic carbocycles. The predicted molar refractivity (Wildman–Crippen MR) is 55.7 cm³/mol. The number of hydrogen-bond acceptors (Lipinski definition) is 4. The van der Waals surface area contributed by atoms with Crippen molar-refractivity contribution in [2.24, 2.45) is 11.7 Å². The molecule has 1 aliphatic rings. The Morgan fingerprint density at radius 2 is 1.67 bits per heavy atom. The summed E-state index contributed by atoms with van der Waals surface area (Å²) in [5.74, 6) is -0.0975. The van der Waals surface area contributed by atoms with Gasteiger partial charge in [-0.1, -0.05) is 6.42 Å². The lowest BCUT2D eigenvalue weighted by Crippen LogP contribution is -2.26. The number of benzene rings is 1. The summed E-state index contributed by atoms with van der Waals surface area (Å²) in [5, 5.41) is 28.4. The highest BCUT2D eigenvalue weighted by molar-refractivity contribution is 5.50. The minimum atomic E-state index is -0.348. The molecule has 1 atom stereocenters. The third-order valence-corrected chi connectivity index (χ3v) is 3.11. The first kappa shape index (κ1) is 10.1. The van der Waals surface area contributed by atoms with Crippen molar-refractivity contribution in [1.82, 2.24) is 0 Å². The van der Waals surface area contributed by atoms with Crippen LogP contribution in [0.2, 0.25) is 0 Å². The van der Waals surface area contributed by atoms with E-state index in [0.717, 1.165) is 19.3 Å². The highest BCUT2D eigenvalue weighted by Gasteiger charge is 2.29. The zero-order valence-electron chi connectivity index (χ0n) is 8.35. The number of phenols is 3. The Bertz CT molecular complexity index is 351. The molecule has 0 aromatic heterocycles. The molecule has 0 heterocycles. The Hall–Kier alpha value is -1.42. The van der Waals surface area contributed by atoms with Crippen LogP contribution in [0.5, 0.6) is 17.2 Å². The molecule has 4 heteroatoms. The second kappa shape index (κ2) is 3.62. The third kappa shape index (κ3) is 1.72. The van der Waals surface area contributed by atoms with Gasteiger partial charge in [0.15, 0.2) is 0 Å². The van der Waals surface area contributed by atoms with Gasteiger partial charge in [-0.15, -0.1) is 0 Å². The van der Waals surface area contributed by atoms with E-state index in [1.807, 2.05) is 0 Å². The fraction of sp³-hybridized carbons (Fsp3) is 0.455. The van der Waals surface area contributed by atoms with E-state index in [4.69, 9.17) is 10.8 Å². The van der Waals surface area contributed by atoms with E-state index < -0.39 is 0 Å². The van der Waals surface area contributed by atoms with Gasteiger partial charge in [-0.05, 0) is 18.8 Å². The topological polar surface area (TPSA) is 86.7 Å². The third-order valence-electron chi connectivity index (χ3n) is 3.11. The molecule has 2 rings (SSSR count). The van der Waals surface area contributed by atoms with E-state index in [-0.39, 0.29) is 23.3 Å². The van der Waals surface area contributed by atoms with Crippen LogP contribution in [0.1, 0.15) is 30.9 Å². The normalized spacial score (nSPS) is 18.5. The molecule has 0 saturated heterocycles. The van der Waals surface area contributed by atoms with Gasteiger partial charge in [-0.3, -0.25) is 0 Å². The molecule has 5 N–H and O–H groups in total. The lowest BCUT2D eigenvalue weighted by atomic mass is 9.77. The van der Waals surface area contributed by atoms with E-state index in [9.17, 15) is 10.2 Å². The van der Waals surface area contributed by atoms with Crippen LogP contribution in [-0.4, -0.2) is 15.3 Å². The summed E-state index contributed by atoms with van der Waals surface area (Å²) in [6, 6.07) is 2.06. The average Bonchev–Trinajstić information content (AvgIpc) is 1.97. The molecule has 1 aromatic rings. The molecular formula is C11H15NO3. The molecule has 82 valence electrons. The smallest absolute Gasteiger partial charge is 0.127 e. The van der Waals surface area contributed by atoms with Crippen molar-refractivity contribution >= 4 is 0 Å². The van der Waals surface area contributed by atoms with E-state index in [0.29, 0.717) is 11.5 Å². The maximum atomic E-state index is 9.61. The van der Waals surface area contributed by atoms with Crippen LogP contribution in [0.25, 0.3) is 0 Å². The Morgan fingerprint density at radius 3 is 2.07 bits per heavy atom. The van der Waals surface area contributed by atoms with Crippen molar-refractivity contribution in [2.45, 2.75) is 25.3 Å². The minimum absolute atomic E-state index is 0.132. The van der Waals surface area contributed by atoms with Crippen molar-refractivity contribution in [3.63, 3.8) is 0 Å². The number of phenolic OH excluding ortho intramolecular Hbond substituents is 3. The van der Waals surface area contributed by atoms with Crippen LogP contribution in [0.4, 0.5) is 0 Å². The summed E-state index contributed by atoms with van der Waals surface area (Å²) in [5.41, 5.74) is 6.30. The largest absolute Gasteiger partial charge is 0.508 e. The van der Waals surface area contributed by atoms with Gasteiger partial charge in [0, 0.05) is 18.2 Å².